The van der Waals surface area contributed by atoms with Gasteiger partial charge in [0.2, 0.25) is 0 Å². The first-order chi connectivity index (χ1) is 61.6. The van der Waals surface area contributed by atoms with E-state index in [1.54, 1.807) is 33.4 Å². The molecule has 5 heteroatoms. The Labute approximate surface area is 822 Å². The summed E-state index contributed by atoms with van der Waals surface area (Å²) < 4.78 is 0. The van der Waals surface area contributed by atoms with Crippen LogP contribution in [0.4, 0.5) is 0 Å². The maximum absolute atomic E-state index is 4.05. The number of rotatable bonds is 2. The second-order valence-corrected chi connectivity index (χ2v) is 30.6. The number of unbranched alkanes of at least 4 members (excludes halogenated alkanes) is 2. The third kappa shape index (κ3) is 124. The van der Waals surface area contributed by atoms with E-state index < -0.39 is 0 Å². The Balaban J connectivity index is -0.000000108. The van der Waals surface area contributed by atoms with E-state index in [1.807, 2.05) is 192 Å². The van der Waals surface area contributed by atoms with Crippen LogP contribution < -0.4 is 0 Å². The van der Waals surface area contributed by atoms with Crippen LogP contribution in [0.1, 0.15) is 573 Å². The molecule has 0 amide bonds. The van der Waals surface area contributed by atoms with E-state index in [1.165, 1.54) is 411 Å². The van der Waals surface area contributed by atoms with Crippen molar-refractivity contribution in [2.45, 2.75) is 578 Å². The Morgan fingerprint density at radius 1 is 0.208 bits per heavy atom. The molecule has 0 spiro atoms. The summed E-state index contributed by atoms with van der Waals surface area (Å²) in [6.45, 7) is 66.7. The fourth-order valence-electron chi connectivity index (χ4n) is 14.4. The van der Waals surface area contributed by atoms with Gasteiger partial charge in [-0.3, -0.25) is 9.98 Å². The summed E-state index contributed by atoms with van der Waals surface area (Å²) in [5.74, 6) is 0. The molecule has 0 N–H and O–H groups in total. The minimum absolute atomic E-state index is 0. The summed E-state index contributed by atoms with van der Waals surface area (Å²) in [5, 5.41) is 0. The van der Waals surface area contributed by atoms with Crippen LogP contribution in [0.3, 0.4) is 0 Å². The van der Waals surface area contributed by atoms with Gasteiger partial charge in [-0.15, -0.1) is 6.42 Å². The Kier molecular flexibility index (Phi) is 181. The number of piperidine rings is 1. The Morgan fingerprint density at radius 3 is 0.504 bits per heavy atom. The number of aliphatic imine (C=N–C) groups is 2. The predicted octanol–water partition coefficient (Wildman–Crippen LogP) is 41.8. The number of aryl methyl sites for hydroxylation is 6. The monoisotopic (exact) mass is 1830 g/mol. The van der Waals surface area contributed by atoms with E-state index in [-0.39, 0.29) is 32.7 Å². The van der Waals surface area contributed by atoms with Gasteiger partial charge in [0, 0.05) is 45.8 Å². The van der Waals surface area contributed by atoms with Crippen LogP contribution in [0, 0.1) is 13.8 Å². The van der Waals surface area contributed by atoms with Crippen LogP contribution in [0.25, 0.3) is 0 Å². The molecule has 6 saturated carbocycles. The van der Waals surface area contributed by atoms with Gasteiger partial charge in [-0.2, -0.15) is 12.8 Å². The molecular formula is C120H240N4Y-2. The Hall–Kier alpha value is -2.24. The molecule has 1 radical (unpaired) electrons. The predicted molar refractivity (Wildman–Crippen MR) is 589 cm³/mol. The molecular weight excluding hydrogens is 1590 g/mol. The number of fused-ring (bicyclic) bond motifs is 3. The maximum Gasteiger partial charge on any atom is 0.0388 e. The molecule has 3 aromatic carbocycles. The quantitative estimate of drug-likeness (QED) is 0.145. The van der Waals surface area contributed by atoms with E-state index >= 15 is 0 Å². The normalized spacial score (nSPS) is 16.8. The number of likely N-dealkylation sites (tertiary alicyclic amines) is 2. The largest absolute Gasteiger partial charge is 0.343 e. The summed E-state index contributed by atoms with van der Waals surface area (Å²) in [6.07, 6.45) is 96.3. The molecule has 125 heavy (non-hydrogen) atoms. The fraction of sp³-hybridized carbons (Fsp3) is 0.800. The van der Waals surface area contributed by atoms with Crippen molar-refractivity contribution >= 4 is 12.4 Å². The summed E-state index contributed by atoms with van der Waals surface area (Å²) in [4.78, 5) is 12.8. The molecule has 4 heterocycles. The summed E-state index contributed by atoms with van der Waals surface area (Å²) in [7, 11) is 4.41. The number of nitrogens with zero attached hydrogens (tertiary/aromatic N) is 4. The molecule has 0 unspecified atom stereocenters. The average Bonchev–Trinajstić information content (AvgIpc) is 1.56. The van der Waals surface area contributed by atoms with Crippen molar-refractivity contribution < 1.29 is 32.7 Å². The molecule has 4 aliphatic heterocycles. The van der Waals surface area contributed by atoms with E-state index in [2.05, 4.69) is 133 Å². The number of hydrogen-bond donors (Lipinski definition) is 0. The first-order valence-electron chi connectivity index (χ1n) is 56.4. The Morgan fingerprint density at radius 2 is 0.376 bits per heavy atom. The average molecular weight is 1830 g/mol. The first kappa shape index (κ1) is 148. The van der Waals surface area contributed by atoms with Crippen LogP contribution in [-0.2, 0) is 71.2 Å². The van der Waals surface area contributed by atoms with Gasteiger partial charge in [-0.25, -0.2) is 0 Å². The number of hydrogen-bond acceptors (Lipinski definition) is 4. The molecule has 0 bridgehead atoms. The molecule has 0 atom stereocenters. The molecule has 14 aliphatic rings. The van der Waals surface area contributed by atoms with E-state index in [9.17, 15) is 0 Å². The van der Waals surface area contributed by atoms with Gasteiger partial charge < -0.3 is 23.6 Å². The second kappa shape index (κ2) is 153. The fourth-order valence-corrected chi connectivity index (χ4v) is 14.4. The number of allylic oxidation sites excluding steroid dienone is 2. The zero-order valence-corrected chi connectivity index (χ0v) is 94.9. The van der Waals surface area contributed by atoms with Crippen molar-refractivity contribution in [2.75, 3.05) is 53.4 Å². The third-order valence-electron chi connectivity index (χ3n) is 21.3. The molecule has 4 nitrogen and oxygen atoms in total. The van der Waals surface area contributed by atoms with Crippen molar-refractivity contribution in [3.05, 3.63) is 132 Å². The number of benzene rings is 3. The van der Waals surface area contributed by atoms with Crippen molar-refractivity contribution in [1.29, 1.82) is 0 Å². The van der Waals surface area contributed by atoms with Gasteiger partial charge in [0.25, 0.3) is 0 Å². The van der Waals surface area contributed by atoms with Gasteiger partial charge >= 0.3 is 0 Å². The molecule has 3 aromatic rings. The zero-order chi connectivity index (χ0) is 95.4. The zero-order valence-electron chi connectivity index (χ0n) is 92.1. The van der Waals surface area contributed by atoms with Crippen LogP contribution >= 0.6 is 0 Å². The van der Waals surface area contributed by atoms with Gasteiger partial charge in [0.05, 0.1) is 0 Å². The summed E-state index contributed by atoms with van der Waals surface area (Å²) in [6, 6.07) is 26.3. The summed E-state index contributed by atoms with van der Waals surface area (Å²) in [5.41, 5.74) is 9.44. The van der Waals surface area contributed by atoms with Crippen LogP contribution in [0.15, 0.2) is 94.9 Å². The second-order valence-electron chi connectivity index (χ2n) is 30.6. The topological polar surface area (TPSA) is 31.2 Å². The maximum atomic E-state index is 4.05. The smallest absolute Gasteiger partial charge is 0.0388 e. The molecule has 8 fully saturated rings. The van der Waals surface area contributed by atoms with E-state index in [0.717, 1.165) is 25.9 Å². The van der Waals surface area contributed by atoms with Gasteiger partial charge in [-0.05, 0) is 240 Å². The molecule has 2 saturated heterocycles. The third-order valence-corrected chi connectivity index (χ3v) is 21.3. The van der Waals surface area contributed by atoms with Crippen LogP contribution in [-0.4, -0.2) is 75.6 Å². The van der Waals surface area contributed by atoms with E-state index in [4.69, 9.17) is 0 Å². The van der Waals surface area contributed by atoms with Crippen LogP contribution in [0.2, 0.25) is 0 Å². The molecule has 745 valence electrons. The van der Waals surface area contributed by atoms with Crippen molar-refractivity contribution in [2.24, 2.45) is 9.98 Å². The molecule has 17 rings (SSSR count). The van der Waals surface area contributed by atoms with Gasteiger partial charge in [0.1, 0.15) is 0 Å². The van der Waals surface area contributed by atoms with Crippen LogP contribution in [0.5, 0.6) is 0 Å². The van der Waals surface area contributed by atoms with Crippen molar-refractivity contribution in [3.8, 4) is 0 Å². The minimum atomic E-state index is 0. The Bertz CT molecular complexity index is 1930. The first-order valence-corrected chi connectivity index (χ1v) is 56.4. The van der Waals surface area contributed by atoms with Crippen molar-refractivity contribution in [3.63, 3.8) is 0 Å². The van der Waals surface area contributed by atoms with E-state index in [0.29, 0.717) is 0 Å². The molecule has 0 aromatic heterocycles. The van der Waals surface area contributed by atoms with Gasteiger partial charge in [-0.1, -0.05) is 490 Å². The molecule has 10 aliphatic carbocycles. The minimum Gasteiger partial charge on any atom is -0.343 e. The SMILES string of the molecule is C1=CCCCC1.C1=NCCC1.C1=NCCCC1.C1CCC1.C1CCCC1.C1CCCC1.C1CCCC1.C1CCCCC1.C1CCCCCC1.CC.CC.CC.CC.CC.CC.CC.CC.CC.CC.CC.CC.CC.CN1CCCCC1.CN1CCCCCC1.[CH2-]CCC[CH2-].[Y].c1ccc2c(c1)CCC2.c1ccc2c(c1)CCCC2.c1ccc2c(c1)CCCC2. The summed E-state index contributed by atoms with van der Waals surface area (Å²) >= 11 is 0. The standard InChI is InChI=1S/2C10H12.C9H10.C7H15N.C7H14.C6H13N.C6H12.C6H10.C5H9N.4C5H10.C4H7N.C4H8.13C2H6.Y/c2*1-2-6-10-8-4-3-7-9(10)5-1;1-2-5-9-7-3-6-8(9)4-1;1-8-6-4-2-3-5-7-8;1-2-4-6-7-5-3-1;1-7-5-3-2-4-6-7;3*1-2-4-6-5-3-1;3*1-2-4-5-3-1;1-3-5-4-2;1-2-4-5-3-1;1-2-4-3-1;13*1-2;/h2*1-2,5-6H,3-4,7-8H2;1-2,4-5H,3,6-7H2;2-7H2,1H3;1-7H2;2-6H2,1H3;1-6H2;1-2H,3-6H2;4H,1-3,5H2;4*1-5H2;3H,1-2,4H2;1-4H2;13*1-2H3;/q;;;;;;;;;;;;-2;;;;;;;;;;;;;;;;. The van der Waals surface area contributed by atoms with Gasteiger partial charge in [0.15, 0.2) is 0 Å². The van der Waals surface area contributed by atoms with Crippen molar-refractivity contribution in [1.82, 2.24) is 9.80 Å².